The van der Waals surface area contributed by atoms with E-state index in [-0.39, 0.29) is 5.56 Å². The lowest BCUT2D eigenvalue weighted by Gasteiger charge is -2.19. The van der Waals surface area contributed by atoms with Gasteiger partial charge in [-0.05, 0) is 35.6 Å². The van der Waals surface area contributed by atoms with Crippen LogP contribution >= 0.6 is 0 Å². The molecule has 0 aliphatic carbocycles. The van der Waals surface area contributed by atoms with Crippen molar-refractivity contribution in [1.29, 1.82) is 0 Å². The van der Waals surface area contributed by atoms with Gasteiger partial charge in [0.1, 0.15) is 18.2 Å². The third kappa shape index (κ3) is 3.76. The molecule has 1 N–H and O–H groups in total. The van der Waals surface area contributed by atoms with Gasteiger partial charge in [-0.3, -0.25) is 9.36 Å². The van der Waals surface area contributed by atoms with Crippen LogP contribution < -0.4 is 20.5 Å². The first kappa shape index (κ1) is 17.9. The lowest BCUT2D eigenvalue weighted by molar-refractivity contribution is 0.305. The van der Waals surface area contributed by atoms with Crippen LogP contribution in [0.1, 0.15) is 5.56 Å². The van der Waals surface area contributed by atoms with Crippen LogP contribution in [0.4, 0.5) is 5.82 Å². The number of anilines is 1. The van der Waals surface area contributed by atoms with Crippen LogP contribution in [0.2, 0.25) is 0 Å². The Balaban J connectivity index is 1.27. The minimum atomic E-state index is -0.133. The van der Waals surface area contributed by atoms with Crippen LogP contribution in [0.3, 0.4) is 0 Å². The van der Waals surface area contributed by atoms with E-state index in [0.717, 1.165) is 55.1 Å². The Morgan fingerprint density at radius 1 is 1.03 bits per heavy atom. The zero-order valence-electron chi connectivity index (χ0n) is 16.2. The van der Waals surface area contributed by atoms with Crippen molar-refractivity contribution in [2.75, 3.05) is 31.1 Å². The summed E-state index contributed by atoms with van der Waals surface area (Å²) in [5, 5.41) is 3.46. The van der Waals surface area contributed by atoms with Gasteiger partial charge in [0.05, 0.1) is 11.9 Å². The van der Waals surface area contributed by atoms with E-state index in [0.29, 0.717) is 12.4 Å². The normalized spacial score (nSPS) is 20.6. The molecule has 29 heavy (non-hydrogen) atoms. The van der Waals surface area contributed by atoms with Gasteiger partial charge >= 0.3 is 0 Å². The maximum atomic E-state index is 12.6. The molecular formula is C23H24N4O2. The molecule has 0 radical (unpaired) electrons. The molecule has 6 nitrogen and oxygen atoms in total. The van der Waals surface area contributed by atoms with Gasteiger partial charge in [0.25, 0.3) is 5.56 Å². The van der Waals surface area contributed by atoms with Gasteiger partial charge < -0.3 is 15.0 Å². The number of benzene rings is 1. The van der Waals surface area contributed by atoms with Crippen molar-refractivity contribution >= 4 is 5.82 Å². The van der Waals surface area contributed by atoms with Crippen LogP contribution in [-0.2, 0) is 6.61 Å². The number of hydrogen-bond acceptors (Lipinski definition) is 5. The van der Waals surface area contributed by atoms with E-state index in [2.05, 4.69) is 15.2 Å². The molecule has 0 saturated carbocycles. The van der Waals surface area contributed by atoms with Crippen LogP contribution in [0.5, 0.6) is 5.75 Å². The molecular weight excluding hydrogens is 364 g/mol. The second-order valence-corrected chi connectivity index (χ2v) is 7.80. The Morgan fingerprint density at radius 2 is 1.83 bits per heavy atom. The lowest BCUT2D eigenvalue weighted by atomic mass is 10.0. The number of nitrogens with one attached hydrogen (secondary N) is 1. The number of fused-ring (bicyclic) bond motifs is 1. The standard InChI is InChI=1S/C23H24N4O2/c28-23-10-21(29-16-17-4-2-1-3-5-17)8-9-27(23)20-6-7-22(25-13-20)26-14-18-11-24-12-19(18)15-26/h1-10,13,18-19,24H,11-12,14-16H2. The molecule has 2 unspecified atom stereocenters. The fraction of sp³-hybridized carbons (Fsp3) is 0.304. The number of pyridine rings is 2. The molecule has 2 saturated heterocycles. The number of aromatic nitrogens is 2. The highest BCUT2D eigenvalue weighted by molar-refractivity contribution is 5.45. The molecule has 0 amide bonds. The van der Waals surface area contributed by atoms with E-state index < -0.39 is 0 Å². The second-order valence-electron chi connectivity index (χ2n) is 7.80. The predicted molar refractivity (Wildman–Crippen MR) is 113 cm³/mol. The van der Waals surface area contributed by atoms with Crippen LogP contribution in [0.15, 0.2) is 71.8 Å². The molecule has 3 aromatic rings. The number of hydrogen-bond donors (Lipinski definition) is 1. The Labute approximate surface area is 169 Å². The second kappa shape index (κ2) is 7.72. The van der Waals surface area contributed by atoms with E-state index in [9.17, 15) is 4.79 Å². The third-order valence-corrected chi connectivity index (χ3v) is 5.86. The third-order valence-electron chi connectivity index (χ3n) is 5.86. The summed E-state index contributed by atoms with van der Waals surface area (Å²) in [6.07, 6.45) is 3.51. The average Bonchev–Trinajstić information content (AvgIpc) is 3.36. The van der Waals surface area contributed by atoms with E-state index in [1.54, 1.807) is 17.0 Å². The Bertz CT molecular complexity index is 1020. The molecule has 0 bridgehead atoms. The van der Waals surface area contributed by atoms with Crippen LogP contribution in [0, 0.1) is 11.8 Å². The predicted octanol–water partition coefficient (Wildman–Crippen LogP) is 2.47. The summed E-state index contributed by atoms with van der Waals surface area (Å²) < 4.78 is 7.34. The van der Waals surface area contributed by atoms with Crippen molar-refractivity contribution in [2.24, 2.45) is 11.8 Å². The quantitative estimate of drug-likeness (QED) is 0.728. The van der Waals surface area contributed by atoms with E-state index in [1.807, 2.05) is 48.5 Å². The Hall–Kier alpha value is -3.12. The maximum Gasteiger partial charge on any atom is 0.258 e. The summed E-state index contributed by atoms with van der Waals surface area (Å²) in [5.74, 6) is 3.00. The van der Waals surface area contributed by atoms with Gasteiger partial charge in [-0.25, -0.2) is 4.98 Å². The van der Waals surface area contributed by atoms with Gasteiger partial charge in [-0.1, -0.05) is 30.3 Å². The van der Waals surface area contributed by atoms with Crippen molar-refractivity contribution in [1.82, 2.24) is 14.9 Å². The lowest BCUT2D eigenvalue weighted by Crippen LogP contribution is -2.26. The van der Waals surface area contributed by atoms with Crippen molar-refractivity contribution in [3.63, 3.8) is 0 Å². The van der Waals surface area contributed by atoms with Crippen molar-refractivity contribution in [3.05, 3.63) is 82.9 Å². The van der Waals surface area contributed by atoms with Gasteiger partial charge in [-0.2, -0.15) is 0 Å². The maximum absolute atomic E-state index is 12.6. The molecule has 6 heteroatoms. The molecule has 148 valence electrons. The SMILES string of the molecule is O=c1cc(OCc2ccccc2)ccn1-c1ccc(N2CC3CNCC3C2)nc1. The monoisotopic (exact) mass is 388 g/mol. The topological polar surface area (TPSA) is 59.4 Å². The van der Waals surface area contributed by atoms with Crippen molar-refractivity contribution < 1.29 is 4.74 Å². The van der Waals surface area contributed by atoms with Gasteiger partial charge in [0, 0.05) is 38.4 Å². The van der Waals surface area contributed by atoms with Crippen LogP contribution in [0.25, 0.3) is 5.69 Å². The largest absolute Gasteiger partial charge is 0.489 e. The first-order valence-corrected chi connectivity index (χ1v) is 10.1. The summed E-state index contributed by atoms with van der Waals surface area (Å²) in [6.45, 7) is 4.75. The highest BCUT2D eigenvalue weighted by atomic mass is 16.5. The molecule has 2 aromatic heterocycles. The van der Waals surface area contributed by atoms with E-state index in [4.69, 9.17) is 4.74 Å². The Morgan fingerprint density at radius 3 is 2.52 bits per heavy atom. The summed E-state index contributed by atoms with van der Waals surface area (Å²) in [4.78, 5) is 19.5. The summed E-state index contributed by atoms with van der Waals surface area (Å²) in [6, 6.07) is 17.2. The first-order chi connectivity index (χ1) is 14.3. The minimum Gasteiger partial charge on any atom is -0.489 e. The highest BCUT2D eigenvalue weighted by Gasteiger charge is 2.36. The zero-order valence-corrected chi connectivity index (χ0v) is 16.2. The molecule has 2 atom stereocenters. The summed E-state index contributed by atoms with van der Waals surface area (Å²) in [5.41, 5.74) is 1.69. The van der Waals surface area contributed by atoms with E-state index in [1.165, 1.54) is 6.07 Å². The first-order valence-electron chi connectivity index (χ1n) is 10.1. The smallest absolute Gasteiger partial charge is 0.258 e. The van der Waals surface area contributed by atoms with Crippen molar-refractivity contribution in [3.8, 4) is 11.4 Å². The molecule has 4 heterocycles. The van der Waals surface area contributed by atoms with E-state index >= 15 is 0 Å². The van der Waals surface area contributed by atoms with Gasteiger partial charge in [-0.15, -0.1) is 0 Å². The van der Waals surface area contributed by atoms with Crippen molar-refractivity contribution in [2.45, 2.75) is 6.61 Å². The molecule has 1 aromatic carbocycles. The fourth-order valence-corrected chi connectivity index (χ4v) is 4.26. The highest BCUT2D eigenvalue weighted by Crippen LogP contribution is 2.29. The average molecular weight is 388 g/mol. The molecule has 0 spiro atoms. The van der Waals surface area contributed by atoms with Crippen LogP contribution in [-0.4, -0.2) is 35.7 Å². The zero-order chi connectivity index (χ0) is 19.6. The molecule has 2 fully saturated rings. The van der Waals surface area contributed by atoms with Gasteiger partial charge in [0.15, 0.2) is 0 Å². The fourth-order valence-electron chi connectivity index (χ4n) is 4.26. The Kier molecular flexibility index (Phi) is 4.77. The number of rotatable bonds is 5. The number of ether oxygens (including phenoxy) is 1. The number of nitrogens with zero attached hydrogens (tertiary/aromatic N) is 3. The summed E-state index contributed by atoms with van der Waals surface area (Å²) in [7, 11) is 0. The summed E-state index contributed by atoms with van der Waals surface area (Å²) >= 11 is 0. The molecule has 2 aliphatic rings. The molecule has 2 aliphatic heterocycles. The minimum absolute atomic E-state index is 0.133. The molecule has 5 rings (SSSR count). The van der Waals surface area contributed by atoms with Gasteiger partial charge in [0.2, 0.25) is 0 Å².